The normalized spacial score (nSPS) is 15.6. The van der Waals surface area contributed by atoms with Crippen molar-refractivity contribution in [3.05, 3.63) is 58.2 Å². The number of piperazine rings is 1. The zero-order valence-corrected chi connectivity index (χ0v) is 20.1. The molecule has 7 heteroatoms. The van der Waals surface area contributed by atoms with Crippen molar-refractivity contribution < 1.29 is 0 Å². The lowest BCUT2D eigenvalue weighted by molar-refractivity contribution is 0.167. The van der Waals surface area contributed by atoms with Gasteiger partial charge in [-0.05, 0) is 56.3 Å². The number of benzene rings is 1. The van der Waals surface area contributed by atoms with Crippen LogP contribution in [0.15, 0.2) is 36.7 Å². The van der Waals surface area contributed by atoms with Crippen LogP contribution < -0.4 is 5.32 Å². The van der Waals surface area contributed by atoms with Gasteiger partial charge in [-0.2, -0.15) is 5.26 Å². The minimum atomic E-state index is 0.560. The molecule has 1 saturated heterocycles. The van der Waals surface area contributed by atoms with Gasteiger partial charge in [-0.3, -0.25) is 4.90 Å². The average Bonchev–Trinajstić information content (AvgIpc) is 3.42. The molecule has 0 saturated carbocycles. The summed E-state index contributed by atoms with van der Waals surface area (Å²) < 4.78 is 0. The second-order valence-corrected chi connectivity index (χ2v) is 9.77. The maximum absolute atomic E-state index is 9.81. The van der Waals surface area contributed by atoms with Crippen molar-refractivity contribution >= 4 is 49.9 Å². The molecule has 3 aromatic heterocycles. The summed E-state index contributed by atoms with van der Waals surface area (Å²) >= 11 is 1.68. The second kappa shape index (κ2) is 8.99. The monoisotopic (exact) mass is 456 g/mol. The Morgan fingerprint density at radius 2 is 2.00 bits per heavy atom. The van der Waals surface area contributed by atoms with E-state index >= 15 is 0 Å². The number of hydrogen-bond donors (Lipinski definition) is 2. The predicted octanol–water partition coefficient (Wildman–Crippen LogP) is 5.27. The topological polar surface area (TPSA) is 71.0 Å². The number of likely N-dealkylation sites (N-methyl/N-ethyl adjacent to an activating group) is 1. The van der Waals surface area contributed by atoms with Crippen molar-refractivity contribution in [2.45, 2.75) is 13.8 Å². The summed E-state index contributed by atoms with van der Waals surface area (Å²) in [6.45, 7) is 9.66. The number of nitrogens with one attached hydrogen (secondary N) is 2. The fourth-order valence-electron chi connectivity index (χ4n) is 4.49. The SMILES string of the molecule is Cc1c(Nc2c(C#N)cnc3sc(C=CCN4CCN(C)CC4)c(C)c23)ccc2[nH]ccc12. The Balaban J connectivity index is 1.48. The molecule has 4 aromatic rings. The van der Waals surface area contributed by atoms with Gasteiger partial charge >= 0.3 is 0 Å². The zero-order valence-electron chi connectivity index (χ0n) is 19.3. The molecule has 168 valence electrons. The second-order valence-electron chi connectivity index (χ2n) is 8.74. The van der Waals surface area contributed by atoms with E-state index in [2.05, 4.69) is 82.4 Å². The van der Waals surface area contributed by atoms with Crippen molar-refractivity contribution in [1.82, 2.24) is 19.8 Å². The van der Waals surface area contributed by atoms with Gasteiger partial charge in [0.05, 0.1) is 11.3 Å². The van der Waals surface area contributed by atoms with E-state index in [1.54, 1.807) is 17.5 Å². The quantitative estimate of drug-likeness (QED) is 0.428. The van der Waals surface area contributed by atoms with Crippen molar-refractivity contribution in [3.8, 4) is 6.07 Å². The molecule has 0 unspecified atom stereocenters. The van der Waals surface area contributed by atoms with Gasteiger partial charge in [0.2, 0.25) is 0 Å². The Morgan fingerprint density at radius 1 is 1.18 bits per heavy atom. The summed E-state index contributed by atoms with van der Waals surface area (Å²) in [5.74, 6) is 0. The van der Waals surface area contributed by atoms with Crippen molar-refractivity contribution in [3.63, 3.8) is 0 Å². The van der Waals surface area contributed by atoms with Crippen LogP contribution in [0.5, 0.6) is 0 Å². The number of H-pyrrole nitrogens is 1. The molecule has 0 spiro atoms. The van der Waals surface area contributed by atoms with E-state index in [0.29, 0.717) is 5.56 Å². The van der Waals surface area contributed by atoms with Gasteiger partial charge < -0.3 is 15.2 Å². The number of aromatic nitrogens is 2. The number of rotatable bonds is 5. The third kappa shape index (κ3) is 4.13. The van der Waals surface area contributed by atoms with Gasteiger partial charge in [0.15, 0.2) is 0 Å². The maximum Gasteiger partial charge on any atom is 0.126 e. The summed E-state index contributed by atoms with van der Waals surface area (Å²) in [4.78, 5) is 14.9. The van der Waals surface area contributed by atoms with E-state index in [1.807, 2.05) is 6.20 Å². The minimum Gasteiger partial charge on any atom is -0.361 e. The number of aromatic amines is 1. The van der Waals surface area contributed by atoms with E-state index in [0.717, 1.165) is 71.0 Å². The molecule has 33 heavy (non-hydrogen) atoms. The Bertz CT molecular complexity index is 1380. The number of pyridine rings is 1. The van der Waals surface area contributed by atoms with Crippen LogP contribution in [0.2, 0.25) is 0 Å². The van der Waals surface area contributed by atoms with Crippen LogP contribution in [0, 0.1) is 25.2 Å². The molecular formula is C26H28N6S. The lowest BCUT2D eigenvalue weighted by atomic mass is 10.1. The number of nitrogens with zero attached hydrogens (tertiary/aromatic N) is 4. The molecule has 0 amide bonds. The Morgan fingerprint density at radius 3 is 2.79 bits per heavy atom. The fourth-order valence-corrected chi connectivity index (χ4v) is 5.58. The van der Waals surface area contributed by atoms with Crippen LogP contribution in [0.3, 0.4) is 0 Å². The third-order valence-electron chi connectivity index (χ3n) is 6.61. The van der Waals surface area contributed by atoms with Crippen LogP contribution in [0.4, 0.5) is 11.4 Å². The molecule has 1 fully saturated rings. The molecule has 0 aliphatic carbocycles. The largest absolute Gasteiger partial charge is 0.361 e. The summed E-state index contributed by atoms with van der Waals surface area (Å²) in [6.07, 6.45) is 8.11. The predicted molar refractivity (Wildman–Crippen MR) is 138 cm³/mol. The first kappa shape index (κ1) is 21.7. The standard InChI is InChI=1S/C26H28N6S/c1-17-20-8-9-28-22(20)7-6-21(17)30-25-19(15-27)16-29-26-24(25)18(2)23(33-26)5-4-10-32-13-11-31(3)12-14-32/h4-9,16,28H,10-14H2,1-3H3,(H,29,30). The molecule has 0 bridgehead atoms. The van der Waals surface area contributed by atoms with Gasteiger partial charge in [0.25, 0.3) is 0 Å². The maximum atomic E-state index is 9.81. The van der Waals surface area contributed by atoms with Crippen LogP contribution in [0.1, 0.15) is 21.6 Å². The molecule has 6 nitrogen and oxygen atoms in total. The summed E-state index contributed by atoms with van der Waals surface area (Å²) in [7, 11) is 2.18. The third-order valence-corrected chi connectivity index (χ3v) is 7.77. The van der Waals surface area contributed by atoms with Crippen molar-refractivity contribution in [1.29, 1.82) is 5.26 Å². The van der Waals surface area contributed by atoms with Gasteiger partial charge in [0, 0.05) is 72.0 Å². The highest BCUT2D eigenvalue weighted by molar-refractivity contribution is 7.19. The highest BCUT2D eigenvalue weighted by Crippen LogP contribution is 2.39. The number of hydrogen-bond acceptors (Lipinski definition) is 6. The number of thiophene rings is 1. The molecule has 1 aliphatic heterocycles. The molecule has 5 rings (SSSR count). The minimum absolute atomic E-state index is 0.560. The van der Waals surface area contributed by atoms with Crippen LogP contribution in [-0.4, -0.2) is 59.5 Å². The van der Waals surface area contributed by atoms with Crippen LogP contribution in [0.25, 0.3) is 27.2 Å². The number of fused-ring (bicyclic) bond motifs is 2. The average molecular weight is 457 g/mol. The number of aryl methyl sites for hydroxylation is 2. The first-order chi connectivity index (χ1) is 16.0. The van der Waals surface area contributed by atoms with Crippen molar-refractivity contribution in [2.24, 2.45) is 0 Å². The number of anilines is 2. The first-order valence-electron chi connectivity index (χ1n) is 11.3. The first-order valence-corrected chi connectivity index (χ1v) is 12.1. The zero-order chi connectivity index (χ0) is 22.9. The summed E-state index contributed by atoms with van der Waals surface area (Å²) in [5.41, 5.74) is 5.83. The van der Waals surface area contributed by atoms with E-state index in [9.17, 15) is 5.26 Å². The van der Waals surface area contributed by atoms with E-state index in [-0.39, 0.29) is 0 Å². The summed E-state index contributed by atoms with van der Waals surface area (Å²) in [6, 6.07) is 8.56. The molecule has 0 atom stereocenters. The lowest BCUT2D eigenvalue weighted by Crippen LogP contribution is -2.44. The van der Waals surface area contributed by atoms with Crippen LogP contribution >= 0.6 is 11.3 Å². The lowest BCUT2D eigenvalue weighted by Gasteiger charge is -2.31. The van der Waals surface area contributed by atoms with Gasteiger partial charge in [-0.15, -0.1) is 11.3 Å². The van der Waals surface area contributed by atoms with Gasteiger partial charge in [-0.1, -0.05) is 6.08 Å². The van der Waals surface area contributed by atoms with Crippen LogP contribution in [-0.2, 0) is 0 Å². The molecule has 4 heterocycles. The Hall–Kier alpha value is -3.18. The smallest absolute Gasteiger partial charge is 0.126 e. The van der Waals surface area contributed by atoms with E-state index in [4.69, 9.17) is 0 Å². The molecular weight excluding hydrogens is 428 g/mol. The highest BCUT2D eigenvalue weighted by atomic mass is 32.1. The molecule has 1 aromatic carbocycles. The van der Waals surface area contributed by atoms with Crippen molar-refractivity contribution in [2.75, 3.05) is 45.1 Å². The van der Waals surface area contributed by atoms with E-state index in [1.165, 1.54) is 10.3 Å². The number of nitriles is 1. The summed E-state index contributed by atoms with van der Waals surface area (Å²) in [5, 5.41) is 15.6. The Labute approximate surface area is 198 Å². The highest BCUT2D eigenvalue weighted by Gasteiger charge is 2.17. The molecule has 2 N–H and O–H groups in total. The molecule has 1 aliphatic rings. The van der Waals surface area contributed by atoms with Gasteiger partial charge in [-0.25, -0.2) is 4.98 Å². The molecule has 0 radical (unpaired) electrons. The fraction of sp³-hybridized carbons (Fsp3) is 0.308. The Kier molecular flexibility index (Phi) is 5.90. The van der Waals surface area contributed by atoms with Gasteiger partial charge in [0.1, 0.15) is 10.9 Å². The van der Waals surface area contributed by atoms with E-state index < -0.39 is 0 Å².